The number of fused-ring (bicyclic) bond motifs is 2. The molecule has 2 aromatic heterocycles. The topological polar surface area (TPSA) is 120 Å². The number of hydrogen-bond acceptors (Lipinski definition) is 7. The number of benzene rings is 1. The van der Waals surface area contributed by atoms with Gasteiger partial charge in [0.05, 0.1) is 40.2 Å². The number of nitrogens with zero attached hydrogens (tertiary/aromatic N) is 5. The average molecular weight is 664 g/mol. The molecule has 3 aromatic rings. The number of amides is 2. The predicted molar refractivity (Wildman–Crippen MR) is 146 cm³/mol. The summed E-state index contributed by atoms with van der Waals surface area (Å²) in [5.41, 5.74) is -1.48. The van der Waals surface area contributed by atoms with Crippen molar-refractivity contribution in [2.45, 2.75) is 65.1 Å². The van der Waals surface area contributed by atoms with Gasteiger partial charge in [0.1, 0.15) is 12.1 Å². The maximum absolute atomic E-state index is 13.4. The van der Waals surface area contributed by atoms with Crippen LogP contribution in [0.5, 0.6) is 0 Å². The predicted octanol–water partition coefficient (Wildman–Crippen LogP) is 5.18. The number of rotatable bonds is 7. The Balaban J connectivity index is 1.60. The van der Waals surface area contributed by atoms with Gasteiger partial charge in [-0.25, -0.2) is 4.79 Å². The van der Waals surface area contributed by atoms with Crippen LogP contribution in [0.25, 0.3) is 5.78 Å². The first kappa shape index (κ1) is 30.8. The smallest absolute Gasteiger partial charge is 0.416 e. The number of aromatic nitrogens is 4. The highest BCUT2D eigenvalue weighted by atomic mass is 79.9. The zero-order chi connectivity index (χ0) is 30.3. The van der Waals surface area contributed by atoms with Crippen LogP contribution in [0, 0.1) is 0 Å². The third-order valence-corrected chi connectivity index (χ3v) is 6.82. The monoisotopic (exact) mass is 662 g/mol. The van der Waals surface area contributed by atoms with Crippen LogP contribution in [0.1, 0.15) is 57.0 Å². The lowest BCUT2D eigenvalue weighted by atomic mass is 10.1. The summed E-state index contributed by atoms with van der Waals surface area (Å²) in [6.45, 7) is 7.31. The largest absolute Gasteiger partial charge is 0.444 e. The van der Waals surface area contributed by atoms with E-state index in [4.69, 9.17) is 21.1 Å². The van der Waals surface area contributed by atoms with E-state index in [1.54, 1.807) is 27.7 Å². The molecule has 3 heterocycles. The van der Waals surface area contributed by atoms with E-state index < -0.39 is 41.0 Å². The van der Waals surface area contributed by atoms with E-state index in [2.05, 4.69) is 31.3 Å². The Morgan fingerprint density at radius 1 is 1.29 bits per heavy atom. The zero-order valence-corrected chi connectivity index (χ0v) is 24.9. The van der Waals surface area contributed by atoms with Gasteiger partial charge in [-0.1, -0.05) is 11.6 Å². The van der Waals surface area contributed by atoms with E-state index in [-0.39, 0.29) is 52.9 Å². The van der Waals surface area contributed by atoms with Crippen molar-refractivity contribution in [2.24, 2.45) is 0 Å². The zero-order valence-electron chi connectivity index (χ0n) is 22.5. The Labute approximate surface area is 245 Å². The minimum atomic E-state index is -4.59. The fourth-order valence-electron chi connectivity index (χ4n) is 4.33. The third kappa shape index (κ3) is 6.84. The molecule has 0 saturated carbocycles. The van der Waals surface area contributed by atoms with Gasteiger partial charge in [-0.3, -0.25) is 9.59 Å². The van der Waals surface area contributed by atoms with E-state index in [9.17, 15) is 27.6 Å². The lowest BCUT2D eigenvalue weighted by molar-refractivity contribution is -0.137. The fourth-order valence-corrected chi connectivity index (χ4v) is 4.88. The molecule has 0 radical (unpaired) electrons. The van der Waals surface area contributed by atoms with Crippen LogP contribution in [0.2, 0.25) is 5.02 Å². The van der Waals surface area contributed by atoms with Crippen molar-refractivity contribution in [3.8, 4) is 0 Å². The van der Waals surface area contributed by atoms with Crippen molar-refractivity contribution in [1.82, 2.24) is 24.1 Å². The van der Waals surface area contributed by atoms with Crippen molar-refractivity contribution in [3.05, 3.63) is 55.1 Å². The molecule has 16 heteroatoms. The van der Waals surface area contributed by atoms with Gasteiger partial charge in [-0.05, 0) is 68.2 Å². The number of carbonyl (C=O) groups excluding carboxylic acids is 2. The summed E-state index contributed by atoms with van der Waals surface area (Å²) in [7, 11) is 0. The number of nitrogens with one attached hydrogen (secondary N) is 1. The van der Waals surface area contributed by atoms with Gasteiger partial charge in [0.25, 0.3) is 5.56 Å². The van der Waals surface area contributed by atoms with Gasteiger partial charge in [0.15, 0.2) is 0 Å². The maximum atomic E-state index is 13.4. The minimum absolute atomic E-state index is 0.0167. The van der Waals surface area contributed by atoms with Gasteiger partial charge >= 0.3 is 12.3 Å². The van der Waals surface area contributed by atoms with Gasteiger partial charge in [-0.15, -0.1) is 5.10 Å². The van der Waals surface area contributed by atoms with Gasteiger partial charge in [0.2, 0.25) is 16.4 Å². The number of ether oxygens (including phenoxy) is 2. The summed E-state index contributed by atoms with van der Waals surface area (Å²) in [5.74, 6) is -0.577. The van der Waals surface area contributed by atoms with E-state index in [0.29, 0.717) is 12.2 Å². The molecule has 1 aromatic carbocycles. The van der Waals surface area contributed by atoms with Crippen LogP contribution < -0.4 is 10.9 Å². The van der Waals surface area contributed by atoms with E-state index >= 15 is 0 Å². The molecule has 0 saturated heterocycles. The Morgan fingerprint density at radius 3 is 2.61 bits per heavy atom. The number of alkyl halides is 3. The third-order valence-electron chi connectivity index (χ3n) is 6.18. The van der Waals surface area contributed by atoms with Crippen LogP contribution in [0.15, 0.2) is 27.7 Å². The molecule has 0 spiro atoms. The number of hydrogen-bond donors (Lipinski definition) is 1. The van der Waals surface area contributed by atoms with Crippen molar-refractivity contribution < 1.29 is 32.2 Å². The lowest BCUT2D eigenvalue weighted by Gasteiger charge is -2.27. The second-order valence-electron chi connectivity index (χ2n) is 10.2. The molecule has 4 rings (SSSR count). The first-order valence-corrected chi connectivity index (χ1v) is 13.7. The molecule has 1 unspecified atom stereocenters. The normalized spacial score (nSPS) is 15.2. The average Bonchev–Trinajstić information content (AvgIpc) is 3.45. The Hall–Kier alpha value is -3.17. The molecule has 0 bridgehead atoms. The van der Waals surface area contributed by atoms with E-state index in [0.717, 1.165) is 22.7 Å². The van der Waals surface area contributed by atoms with E-state index in [1.165, 1.54) is 9.47 Å². The Bertz CT molecular complexity index is 1550. The minimum Gasteiger partial charge on any atom is -0.444 e. The van der Waals surface area contributed by atoms with Crippen LogP contribution in [-0.4, -0.2) is 54.8 Å². The van der Waals surface area contributed by atoms with Gasteiger partial charge in [0, 0.05) is 13.1 Å². The summed E-state index contributed by atoms with van der Waals surface area (Å²) in [5, 5.41) is 6.30. The molecule has 11 nitrogen and oxygen atoms in total. The number of anilines is 1. The molecular formula is C25H27BrClF3N6O5. The molecule has 1 atom stereocenters. The maximum Gasteiger partial charge on any atom is 0.416 e. The molecule has 0 aliphatic carbocycles. The fraction of sp³-hybridized carbons (Fsp3) is 0.480. The highest BCUT2D eigenvalue weighted by Gasteiger charge is 2.34. The standard InChI is InChI=1S/C25H27BrClF3N6O5/c1-5-34(23(39)41-24(2,3)4)9-8-17-19-16(12-40-17)35(22-32-21(26)33-36(22)20(19)38)11-18(37)31-15-7-6-13(10-14(15)27)25(28,29)30/h6-7,10,17H,5,8-9,11-12H2,1-4H3,(H,31,37). The molecule has 222 valence electrons. The second kappa shape index (κ2) is 11.6. The number of carbonyl (C=O) groups is 2. The molecule has 2 amide bonds. The summed E-state index contributed by atoms with van der Waals surface area (Å²) < 4.78 is 52.9. The van der Waals surface area contributed by atoms with Crippen LogP contribution in [0.4, 0.5) is 23.7 Å². The molecule has 0 fully saturated rings. The van der Waals surface area contributed by atoms with Crippen molar-refractivity contribution >= 4 is 51.0 Å². The molecule has 41 heavy (non-hydrogen) atoms. The van der Waals surface area contributed by atoms with Crippen LogP contribution in [-0.2, 0) is 33.6 Å². The first-order valence-electron chi connectivity index (χ1n) is 12.5. The van der Waals surface area contributed by atoms with Gasteiger partial charge in [-0.2, -0.15) is 22.7 Å². The second-order valence-corrected chi connectivity index (χ2v) is 11.3. The van der Waals surface area contributed by atoms with Crippen LogP contribution in [0.3, 0.4) is 0 Å². The molecule has 1 aliphatic heterocycles. The SMILES string of the molecule is CCN(CCC1OCc2c1c(=O)n1nc(Br)nc1n2CC(=O)Nc1ccc(C(F)(F)F)cc1Cl)C(=O)OC(C)(C)C. The summed E-state index contributed by atoms with van der Waals surface area (Å²) in [6.07, 6.45) is -5.53. The van der Waals surface area contributed by atoms with Gasteiger partial charge < -0.3 is 24.3 Å². The Morgan fingerprint density at radius 2 is 2.00 bits per heavy atom. The molecule has 1 N–H and O–H groups in total. The number of halogens is 5. The first-order chi connectivity index (χ1) is 19.1. The van der Waals surface area contributed by atoms with Crippen molar-refractivity contribution in [2.75, 3.05) is 18.4 Å². The van der Waals surface area contributed by atoms with Crippen molar-refractivity contribution in [3.63, 3.8) is 0 Å². The molecule has 1 aliphatic rings. The molecular weight excluding hydrogens is 637 g/mol. The van der Waals surface area contributed by atoms with E-state index in [1.807, 2.05) is 0 Å². The lowest BCUT2D eigenvalue weighted by Crippen LogP contribution is -2.38. The summed E-state index contributed by atoms with van der Waals surface area (Å²) >= 11 is 9.15. The van der Waals surface area contributed by atoms with Crippen molar-refractivity contribution in [1.29, 1.82) is 0 Å². The Kier molecular flexibility index (Phi) is 8.71. The highest BCUT2D eigenvalue weighted by Crippen LogP contribution is 2.34. The highest BCUT2D eigenvalue weighted by molar-refractivity contribution is 9.10. The quantitative estimate of drug-likeness (QED) is 0.370. The van der Waals surface area contributed by atoms with Crippen LogP contribution >= 0.6 is 27.5 Å². The summed E-state index contributed by atoms with van der Waals surface area (Å²) in [4.78, 5) is 44.7. The summed E-state index contributed by atoms with van der Waals surface area (Å²) in [6, 6.07) is 2.59.